The van der Waals surface area contributed by atoms with Crippen LogP contribution < -0.4 is 9.64 Å². The van der Waals surface area contributed by atoms with Crippen molar-refractivity contribution in [2.24, 2.45) is 0 Å². The van der Waals surface area contributed by atoms with Crippen LogP contribution in [0.2, 0.25) is 5.02 Å². The fraction of sp³-hybridized carbons (Fsp3) is 0.409. The van der Waals surface area contributed by atoms with Crippen molar-refractivity contribution in [1.29, 1.82) is 0 Å². The number of hydrogen-bond donors (Lipinski definition) is 0. The van der Waals surface area contributed by atoms with Crippen molar-refractivity contribution in [2.75, 3.05) is 51.3 Å². The first-order valence-corrected chi connectivity index (χ1v) is 12.2. The van der Waals surface area contributed by atoms with Crippen molar-refractivity contribution in [3.63, 3.8) is 0 Å². The minimum absolute atomic E-state index is 0.0558. The first-order chi connectivity index (χ1) is 14.9. The number of methoxy groups -OCH3 is 1. The average molecular weight is 464 g/mol. The number of benzene rings is 2. The number of anilines is 1. The van der Waals surface area contributed by atoms with Crippen LogP contribution in [0.15, 0.2) is 47.4 Å². The molecule has 0 unspecified atom stereocenters. The summed E-state index contributed by atoms with van der Waals surface area (Å²) in [5.41, 5.74) is 1.39. The maximum Gasteiger partial charge on any atom is 0.254 e. The number of hydrogen-bond acceptors (Lipinski definition) is 5. The SMILES string of the molecule is COc1ccc(C(=O)N2CCN(c3cccc(Cl)c3)CC2)cc1S(=O)(=O)N1CCCC1. The van der Waals surface area contributed by atoms with Crippen molar-refractivity contribution >= 4 is 33.2 Å². The van der Waals surface area contributed by atoms with Gasteiger partial charge in [-0.2, -0.15) is 4.31 Å². The van der Waals surface area contributed by atoms with Gasteiger partial charge in [-0.05, 0) is 49.2 Å². The predicted molar refractivity (Wildman–Crippen MR) is 121 cm³/mol. The highest BCUT2D eigenvalue weighted by molar-refractivity contribution is 7.89. The average Bonchev–Trinajstić information content (AvgIpc) is 3.34. The lowest BCUT2D eigenvalue weighted by Gasteiger charge is -2.36. The van der Waals surface area contributed by atoms with Gasteiger partial charge in [-0.1, -0.05) is 17.7 Å². The quantitative estimate of drug-likeness (QED) is 0.681. The van der Waals surface area contributed by atoms with Crippen molar-refractivity contribution in [2.45, 2.75) is 17.7 Å². The molecule has 2 heterocycles. The van der Waals surface area contributed by atoms with E-state index in [4.69, 9.17) is 16.3 Å². The Morgan fingerprint density at radius 3 is 2.32 bits per heavy atom. The molecule has 0 saturated carbocycles. The molecule has 166 valence electrons. The highest BCUT2D eigenvalue weighted by Crippen LogP contribution is 2.30. The Kier molecular flexibility index (Phi) is 6.41. The molecule has 31 heavy (non-hydrogen) atoms. The summed E-state index contributed by atoms with van der Waals surface area (Å²) < 4.78 is 32.9. The summed E-state index contributed by atoms with van der Waals surface area (Å²) >= 11 is 6.09. The Bertz CT molecular complexity index is 1060. The fourth-order valence-electron chi connectivity index (χ4n) is 4.10. The lowest BCUT2D eigenvalue weighted by Crippen LogP contribution is -2.48. The number of nitrogens with zero attached hydrogens (tertiary/aromatic N) is 3. The third kappa shape index (κ3) is 4.51. The van der Waals surface area contributed by atoms with Gasteiger partial charge < -0.3 is 14.5 Å². The molecule has 2 saturated heterocycles. The van der Waals surface area contributed by atoms with Crippen LogP contribution in [0.5, 0.6) is 5.75 Å². The Morgan fingerprint density at radius 2 is 1.68 bits per heavy atom. The van der Waals surface area contributed by atoms with Gasteiger partial charge in [-0.3, -0.25) is 4.79 Å². The second-order valence-corrected chi connectivity index (χ2v) is 10.1. The number of halogens is 1. The Hall–Kier alpha value is -2.29. The molecule has 2 aliphatic heterocycles. The Labute approximate surface area is 188 Å². The monoisotopic (exact) mass is 463 g/mol. The highest BCUT2D eigenvalue weighted by Gasteiger charge is 2.31. The molecule has 2 aromatic carbocycles. The molecular weight excluding hydrogens is 438 g/mol. The molecule has 4 rings (SSSR count). The van der Waals surface area contributed by atoms with Gasteiger partial charge >= 0.3 is 0 Å². The van der Waals surface area contributed by atoms with E-state index in [-0.39, 0.29) is 16.6 Å². The van der Waals surface area contributed by atoms with Gasteiger partial charge in [0.2, 0.25) is 10.0 Å². The molecule has 0 aliphatic carbocycles. The first-order valence-electron chi connectivity index (χ1n) is 10.4. The summed E-state index contributed by atoms with van der Waals surface area (Å²) in [7, 11) is -2.26. The van der Waals surface area contributed by atoms with E-state index >= 15 is 0 Å². The minimum atomic E-state index is -3.70. The van der Waals surface area contributed by atoms with Gasteiger partial charge in [0.05, 0.1) is 7.11 Å². The van der Waals surface area contributed by atoms with Crippen LogP contribution in [0.4, 0.5) is 5.69 Å². The number of carbonyl (C=O) groups is 1. The molecule has 7 nitrogen and oxygen atoms in total. The summed E-state index contributed by atoms with van der Waals surface area (Å²) in [5.74, 6) is 0.0838. The van der Waals surface area contributed by atoms with E-state index in [2.05, 4.69) is 4.90 Å². The van der Waals surface area contributed by atoms with E-state index in [0.29, 0.717) is 49.9 Å². The van der Waals surface area contributed by atoms with Crippen molar-refractivity contribution < 1.29 is 17.9 Å². The maximum absolute atomic E-state index is 13.1. The Morgan fingerprint density at radius 1 is 0.968 bits per heavy atom. The molecule has 2 aliphatic rings. The lowest BCUT2D eigenvalue weighted by atomic mass is 10.1. The van der Waals surface area contributed by atoms with Gasteiger partial charge in [0.25, 0.3) is 5.91 Å². The van der Waals surface area contributed by atoms with Gasteiger partial charge in [-0.25, -0.2) is 8.42 Å². The molecule has 0 spiro atoms. The molecule has 9 heteroatoms. The largest absolute Gasteiger partial charge is 0.495 e. The molecule has 0 atom stereocenters. The van der Waals surface area contributed by atoms with E-state index in [0.717, 1.165) is 18.5 Å². The normalized spacial score (nSPS) is 17.7. The number of piperazine rings is 1. The lowest BCUT2D eigenvalue weighted by molar-refractivity contribution is 0.0746. The minimum Gasteiger partial charge on any atom is -0.495 e. The van der Waals surface area contributed by atoms with Gasteiger partial charge in [0.1, 0.15) is 10.6 Å². The fourth-order valence-corrected chi connectivity index (χ4v) is 5.99. The molecule has 0 radical (unpaired) electrons. The second kappa shape index (κ2) is 9.06. The summed E-state index contributed by atoms with van der Waals surface area (Å²) in [6, 6.07) is 12.3. The standard InChI is InChI=1S/C22H26ClN3O4S/c1-30-20-8-7-17(15-21(20)31(28,29)26-9-2-3-10-26)22(27)25-13-11-24(12-14-25)19-6-4-5-18(23)16-19/h4-8,15-16H,2-3,9-14H2,1H3. The predicted octanol–water partition coefficient (Wildman–Crippen LogP) is 3.10. The number of ether oxygens (including phenoxy) is 1. The molecular formula is C22H26ClN3O4S. The van der Waals surface area contributed by atoms with E-state index < -0.39 is 10.0 Å². The van der Waals surface area contributed by atoms with Crippen LogP contribution in [-0.4, -0.2) is 69.9 Å². The van der Waals surface area contributed by atoms with E-state index in [1.165, 1.54) is 17.5 Å². The third-order valence-corrected chi connectivity index (χ3v) is 7.99. The Balaban J connectivity index is 1.51. The van der Waals surface area contributed by atoms with E-state index in [1.54, 1.807) is 17.0 Å². The number of rotatable bonds is 5. The zero-order chi connectivity index (χ0) is 22.0. The van der Waals surface area contributed by atoms with Gasteiger partial charge in [-0.15, -0.1) is 0 Å². The van der Waals surface area contributed by atoms with Crippen LogP contribution in [0.1, 0.15) is 23.2 Å². The van der Waals surface area contributed by atoms with Crippen LogP contribution in [0.25, 0.3) is 0 Å². The van der Waals surface area contributed by atoms with Crippen molar-refractivity contribution in [3.05, 3.63) is 53.1 Å². The number of sulfonamides is 1. The van der Waals surface area contributed by atoms with Crippen molar-refractivity contribution in [1.82, 2.24) is 9.21 Å². The van der Waals surface area contributed by atoms with Crippen LogP contribution in [0, 0.1) is 0 Å². The first kappa shape index (κ1) is 21.9. The molecule has 1 amide bonds. The zero-order valence-corrected chi connectivity index (χ0v) is 19.0. The van der Waals surface area contributed by atoms with Crippen LogP contribution >= 0.6 is 11.6 Å². The molecule has 0 aromatic heterocycles. The smallest absolute Gasteiger partial charge is 0.254 e. The molecule has 0 N–H and O–H groups in total. The van der Waals surface area contributed by atoms with Crippen LogP contribution in [0.3, 0.4) is 0 Å². The summed E-state index contributed by atoms with van der Waals surface area (Å²) in [5, 5.41) is 0.681. The van der Waals surface area contributed by atoms with Crippen LogP contribution in [-0.2, 0) is 10.0 Å². The summed E-state index contributed by atoms with van der Waals surface area (Å²) in [6.45, 7) is 3.45. The summed E-state index contributed by atoms with van der Waals surface area (Å²) in [4.78, 5) is 17.1. The number of carbonyl (C=O) groups excluding carboxylic acids is 1. The second-order valence-electron chi connectivity index (χ2n) is 7.74. The molecule has 2 aromatic rings. The summed E-state index contributed by atoms with van der Waals surface area (Å²) in [6.07, 6.45) is 1.69. The highest BCUT2D eigenvalue weighted by atomic mass is 35.5. The molecule has 0 bridgehead atoms. The molecule has 2 fully saturated rings. The van der Waals surface area contributed by atoms with E-state index in [1.807, 2.05) is 24.3 Å². The van der Waals surface area contributed by atoms with Gasteiger partial charge in [0.15, 0.2) is 0 Å². The topological polar surface area (TPSA) is 70.2 Å². The maximum atomic E-state index is 13.1. The van der Waals surface area contributed by atoms with Gasteiger partial charge in [0, 0.05) is 55.5 Å². The number of amides is 1. The van der Waals surface area contributed by atoms with E-state index in [9.17, 15) is 13.2 Å². The third-order valence-electron chi connectivity index (χ3n) is 5.83. The zero-order valence-electron chi connectivity index (χ0n) is 17.5. The van der Waals surface area contributed by atoms with Crippen molar-refractivity contribution in [3.8, 4) is 5.75 Å².